The summed E-state index contributed by atoms with van der Waals surface area (Å²) in [4.78, 5) is 15.3. The first-order chi connectivity index (χ1) is 8.72. The van der Waals surface area contributed by atoms with Crippen molar-refractivity contribution in [1.29, 1.82) is 0 Å². The number of hydrogen-bond acceptors (Lipinski definition) is 5. The van der Waals surface area contributed by atoms with Crippen LogP contribution in [0.1, 0.15) is 44.1 Å². The monoisotopic (exact) mass is 252 g/mol. The van der Waals surface area contributed by atoms with Crippen molar-refractivity contribution in [2.45, 2.75) is 39.5 Å². The SMILES string of the molecule is CCOC(=O)CCCCCN=Cc1cc(C)on1. The smallest absolute Gasteiger partial charge is 0.305 e. The molecular weight excluding hydrogens is 232 g/mol. The van der Waals surface area contributed by atoms with Crippen LogP contribution in [0.4, 0.5) is 0 Å². The number of rotatable bonds is 8. The molecule has 0 atom stereocenters. The van der Waals surface area contributed by atoms with Crippen molar-refractivity contribution < 1.29 is 14.1 Å². The van der Waals surface area contributed by atoms with Gasteiger partial charge in [-0.25, -0.2) is 0 Å². The molecule has 0 saturated carbocycles. The van der Waals surface area contributed by atoms with E-state index in [1.807, 2.05) is 19.9 Å². The van der Waals surface area contributed by atoms with Crippen LogP contribution >= 0.6 is 0 Å². The molecule has 0 aromatic carbocycles. The number of aliphatic imine (C=N–C) groups is 1. The van der Waals surface area contributed by atoms with E-state index in [0.717, 1.165) is 37.3 Å². The van der Waals surface area contributed by atoms with Gasteiger partial charge in [-0.05, 0) is 26.7 Å². The third kappa shape index (κ3) is 6.18. The van der Waals surface area contributed by atoms with Gasteiger partial charge in [0.15, 0.2) is 0 Å². The molecule has 100 valence electrons. The maximum absolute atomic E-state index is 11.0. The summed E-state index contributed by atoms with van der Waals surface area (Å²) >= 11 is 0. The van der Waals surface area contributed by atoms with Crippen LogP contribution in [0.15, 0.2) is 15.6 Å². The summed E-state index contributed by atoms with van der Waals surface area (Å²) in [7, 11) is 0. The molecule has 0 radical (unpaired) electrons. The highest BCUT2D eigenvalue weighted by Crippen LogP contribution is 2.02. The number of esters is 1. The molecule has 0 fully saturated rings. The molecule has 0 aliphatic rings. The maximum Gasteiger partial charge on any atom is 0.305 e. The molecule has 0 aliphatic heterocycles. The predicted octanol–water partition coefficient (Wildman–Crippen LogP) is 2.53. The van der Waals surface area contributed by atoms with Crippen LogP contribution in [-0.4, -0.2) is 30.5 Å². The molecular formula is C13H20N2O3. The van der Waals surface area contributed by atoms with Crippen molar-refractivity contribution in [3.05, 3.63) is 17.5 Å². The Hall–Kier alpha value is -1.65. The summed E-state index contributed by atoms with van der Waals surface area (Å²) in [5.74, 6) is 0.671. The van der Waals surface area contributed by atoms with E-state index in [9.17, 15) is 4.79 Å². The number of unbranched alkanes of at least 4 members (excludes halogenated alkanes) is 2. The fraction of sp³-hybridized carbons (Fsp3) is 0.615. The lowest BCUT2D eigenvalue weighted by Gasteiger charge is -2.00. The minimum absolute atomic E-state index is 0.112. The van der Waals surface area contributed by atoms with E-state index in [1.54, 1.807) is 6.21 Å². The summed E-state index contributed by atoms with van der Waals surface area (Å²) in [5, 5.41) is 3.81. The molecule has 1 rings (SSSR count). The van der Waals surface area contributed by atoms with Crippen molar-refractivity contribution in [2.24, 2.45) is 4.99 Å². The largest absolute Gasteiger partial charge is 0.466 e. The molecule has 0 aliphatic carbocycles. The van der Waals surface area contributed by atoms with Crippen LogP contribution in [0.5, 0.6) is 0 Å². The first-order valence-corrected chi connectivity index (χ1v) is 6.31. The number of ether oxygens (including phenoxy) is 1. The van der Waals surface area contributed by atoms with Crippen LogP contribution in [-0.2, 0) is 9.53 Å². The van der Waals surface area contributed by atoms with Crippen molar-refractivity contribution >= 4 is 12.2 Å². The number of aromatic nitrogens is 1. The molecule has 1 heterocycles. The van der Waals surface area contributed by atoms with E-state index in [2.05, 4.69) is 10.1 Å². The Labute approximate surface area is 107 Å². The average molecular weight is 252 g/mol. The van der Waals surface area contributed by atoms with Gasteiger partial charge in [0, 0.05) is 19.0 Å². The molecule has 0 N–H and O–H groups in total. The Balaban J connectivity index is 2.02. The fourth-order valence-electron chi connectivity index (χ4n) is 1.49. The summed E-state index contributed by atoms with van der Waals surface area (Å²) in [6.45, 7) is 4.87. The number of hydrogen-bond donors (Lipinski definition) is 0. The van der Waals surface area contributed by atoms with Crippen molar-refractivity contribution in [3.8, 4) is 0 Å². The van der Waals surface area contributed by atoms with Gasteiger partial charge in [-0.2, -0.15) is 0 Å². The van der Waals surface area contributed by atoms with E-state index in [-0.39, 0.29) is 5.97 Å². The zero-order valence-electron chi connectivity index (χ0n) is 11.0. The fourth-order valence-corrected chi connectivity index (χ4v) is 1.49. The van der Waals surface area contributed by atoms with Gasteiger partial charge in [-0.15, -0.1) is 0 Å². The van der Waals surface area contributed by atoms with Gasteiger partial charge in [0.2, 0.25) is 0 Å². The molecule has 1 aromatic heterocycles. The normalized spacial score (nSPS) is 11.0. The van der Waals surface area contributed by atoms with Gasteiger partial charge in [-0.3, -0.25) is 9.79 Å². The lowest BCUT2D eigenvalue weighted by Crippen LogP contribution is -2.03. The molecule has 0 amide bonds. The van der Waals surface area contributed by atoms with Crippen LogP contribution in [0, 0.1) is 6.92 Å². The van der Waals surface area contributed by atoms with Gasteiger partial charge in [-0.1, -0.05) is 11.6 Å². The zero-order valence-corrected chi connectivity index (χ0v) is 11.0. The first kappa shape index (κ1) is 14.4. The Morgan fingerprint density at radius 2 is 2.33 bits per heavy atom. The molecule has 0 spiro atoms. The van der Waals surface area contributed by atoms with Gasteiger partial charge < -0.3 is 9.26 Å². The number of carbonyl (C=O) groups excluding carboxylic acids is 1. The topological polar surface area (TPSA) is 64.7 Å². The summed E-state index contributed by atoms with van der Waals surface area (Å²) in [6, 6.07) is 1.84. The van der Waals surface area contributed by atoms with Gasteiger partial charge in [0.05, 0.1) is 12.8 Å². The van der Waals surface area contributed by atoms with E-state index >= 15 is 0 Å². The third-order valence-corrected chi connectivity index (χ3v) is 2.34. The minimum atomic E-state index is -0.112. The highest BCUT2D eigenvalue weighted by molar-refractivity contribution is 5.76. The van der Waals surface area contributed by atoms with Crippen LogP contribution in [0.25, 0.3) is 0 Å². The summed E-state index contributed by atoms with van der Waals surface area (Å²) in [6.07, 6.45) is 5.01. The Bertz CT molecular complexity index is 385. The van der Waals surface area contributed by atoms with Crippen LogP contribution in [0.2, 0.25) is 0 Å². The minimum Gasteiger partial charge on any atom is -0.466 e. The second-order valence-electron chi connectivity index (χ2n) is 4.01. The van der Waals surface area contributed by atoms with Gasteiger partial charge in [0.25, 0.3) is 0 Å². The molecule has 0 saturated heterocycles. The highest BCUT2D eigenvalue weighted by atomic mass is 16.5. The van der Waals surface area contributed by atoms with E-state index in [4.69, 9.17) is 9.26 Å². The lowest BCUT2D eigenvalue weighted by atomic mass is 10.2. The number of nitrogens with zero attached hydrogens (tertiary/aromatic N) is 2. The Morgan fingerprint density at radius 3 is 3.00 bits per heavy atom. The standard InChI is InChI=1S/C13H20N2O3/c1-3-17-13(16)7-5-4-6-8-14-10-12-9-11(2)18-15-12/h9-10H,3-8H2,1-2H3. The Morgan fingerprint density at radius 1 is 1.50 bits per heavy atom. The van der Waals surface area contributed by atoms with Crippen molar-refractivity contribution in [3.63, 3.8) is 0 Å². The molecule has 1 aromatic rings. The second kappa shape index (κ2) is 8.44. The van der Waals surface area contributed by atoms with E-state index in [1.165, 1.54) is 0 Å². The van der Waals surface area contributed by atoms with Gasteiger partial charge in [0.1, 0.15) is 11.5 Å². The number of carbonyl (C=O) groups is 1. The second-order valence-corrected chi connectivity index (χ2v) is 4.01. The molecule has 18 heavy (non-hydrogen) atoms. The molecule has 5 nitrogen and oxygen atoms in total. The summed E-state index contributed by atoms with van der Waals surface area (Å²) < 4.78 is 9.76. The quantitative estimate of drug-likeness (QED) is 0.405. The maximum atomic E-state index is 11.0. The molecule has 5 heteroatoms. The summed E-state index contributed by atoms with van der Waals surface area (Å²) in [5.41, 5.74) is 0.749. The van der Waals surface area contributed by atoms with Crippen LogP contribution in [0.3, 0.4) is 0 Å². The highest BCUT2D eigenvalue weighted by Gasteiger charge is 2.00. The lowest BCUT2D eigenvalue weighted by molar-refractivity contribution is -0.143. The van der Waals surface area contributed by atoms with E-state index < -0.39 is 0 Å². The Kier molecular flexibility index (Phi) is 6.76. The predicted molar refractivity (Wildman–Crippen MR) is 68.8 cm³/mol. The van der Waals surface area contributed by atoms with E-state index in [0.29, 0.717) is 13.0 Å². The zero-order chi connectivity index (χ0) is 13.2. The van der Waals surface area contributed by atoms with Crippen molar-refractivity contribution in [1.82, 2.24) is 5.16 Å². The van der Waals surface area contributed by atoms with Crippen LogP contribution < -0.4 is 0 Å². The molecule has 0 unspecified atom stereocenters. The average Bonchev–Trinajstić information content (AvgIpc) is 2.74. The van der Waals surface area contributed by atoms with Gasteiger partial charge >= 0.3 is 5.97 Å². The van der Waals surface area contributed by atoms with Crippen molar-refractivity contribution in [2.75, 3.05) is 13.2 Å². The molecule has 0 bridgehead atoms. The number of aryl methyl sites for hydroxylation is 1. The third-order valence-electron chi connectivity index (χ3n) is 2.34. The first-order valence-electron chi connectivity index (χ1n) is 6.31.